The number of aromatic nitrogens is 1. The van der Waals surface area contributed by atoms with Gasteiger partial charge in [0, 0.05) is 24.5 Å². The highest BCUT2D eigenvalue weighted by atomic mass is 16.6. The molecule has 1 fully saturated rings. The molecule has 1 saturated heterocycles. The Labute approximate surface area is 134 Å². The lowest BCUT2D eigenvalue weighted by Crippen LogP contribution is -2.49. The molecule has 0 radical (unpaired) electrons. The first kappa shape index (κ1) is 14.1. The van der Waals surface area contributed by atoms with Gasteiger partial charge in [0.1, 0.15) is 6.54 Å². The smallest absolute Gasteiger partial charge is 0.339 e. The number of rotatable bonds is 2. The standard InChI is InChI=1S/C18H18N2O3/c21-16(12-19-9-3-4-10-19)20-11-5-8-18(13-20)15-7-2-1-6-14(15)17(22)23-18/h1-4,6-7,9-10H,5,8,11-13H2. The number of likely N-dealkylation sites (tertiary alicyclic amines) is 1. The van der Waals surface area contributed by atoms with Gasteiger partial charge in [-0.1, -0.05) is 18.2 Å². The van der Waals surface area contributed by atoms with Crippen molar-refractivity contribution in [1.82, 2.24) is 9.47 Å². The number of benzene rings is 1. The van der Waals surface area contributed by atoms with Gasteiger partial charge in [-0.25, -0.2) is 4.79 Å². The molecule has 1 aromatic heterocycles. The van der Waals surface area contributed by atoms with Gasteiger partial charge in [-0.15, -0.1) is 0 Å². The van der Waals surface area contributed by atoms with E-state index in [-0.39, 0.29) is 11.9 Å². The van der Waals surface area contributed by atoms with Crippen molar-refractivity contribution < 1.29 is 14.3 Å². The van der Waals surface area contributed by atoms with Crippen LogP contribution in [0.4, 0.5) is 0 Å². The number of nitrogens with zero attached hydrogens (tertiary/aromatic N) is 2. The molecule has 118 valence electrons. The number of esters is 1. The van der Waals surface area contributed by atoms with Crippen molar-refractivity contribution in [3.05, 3.63) is 59.9 Å². The number of fused-ring (bicyclic) bond motifs is 2. The first-order chi connectivity index (χ1) is 11.2. The Bertz CT molecular complexity index is 753. The third kappa shape index (κ3) is 2.32. The summed E-state index contributed by atoms with van der Waals surface area (Å²) in [5.74, 6) is -0.221. The maximum absolute atomic E-state index is 12.6. The lowest BCUT2D eigenvalue weighted by atomic mass is 9.85. The van der Waals surface area contributed by atoms with E-state index in [2.05, 4.69) is 0 Å². The Kier molecular flexibility index (Phi) is 3.22. The van der Waals surface area contributed by atoms with Crippen LogP contribution in [0.3, 0.4) is 0 Å². The number of piperidine rings is 1. The summed E-state index contributed by atoms with van der Waals surface area (Å²) in [6, 6.07) is 11.3. The summed E-state index contributed by atoms with van der Waals surface area (Å²) >= 11 is 0. The molecule has 4 rings (SSSR count). The molecular formula is C18H18N2O3. The van der Waals surface area contributed by atoms with E-state index in [4.69, 9.17) is 4.74 Å². The van der Waals surface area contributed by atoms with E-state index >= 15 is 0 Å². The minimum atomic E-state index is -0.668. The largest absolute Gasteiger partial charge is 0.449 e. The van der Waals surface area contributed by atoms with Crippen LogP contribution in [0.2, 0.25) is 0 Å². The zero-order chi connectivity index (χ0) is 15.9. The fourth-order valence-electron chi connectivity index (χ4n) is 3.62. The number of hydrogen-bond acceptors (Lipinski definition) is 3. The summed E-state index contributed by atoms with van der Waals surface area (Å²) in [4.78, 5) is 26.5. The van der Waals surface area contributed by atoms with Gasteiger partial charge in [0.25, 0.3) is 0 Å². The lowest BCUT2D eigenvalue weighted by molar-refractivity contribution is -0.139. The summed E-state index contributed by atoms with van der Waals surface area (Å²) in [6.07, 6.45) is 5.35. The molecule has 3 heterocycles. The highest BCUT2D eigenvalue weighted by Crippen LogP contribution is 2.42. The van der Waals surface area contributed by atoms with Gasteiger partial charge in [-0.3, -0.25) is 4.79 Å². The molecule has 5 heteroatoms. The zero-order valence-corrected chi connectivity index (χ0v) is 12.8. The van der Waals surface area contributed by atoms with Crippen molar-refractivity contribution >= 4 is 11.9 Å². The van der Waals surface area contributed by atoms with Crippen LogP contribution in [0, 0.1) is 0 Å². The predicted molar refractivity (Wildman–Crippen MR) is 83.8 cm³/mol. The first-order valence-electron chi connectivity index (χ1n) is 7.89. The third-order valence-corrected chi connectivity index (χ3v) is 4.72. The number of hydrogen-bond donors (Lipinski definition) is 0. The van der Waals surface area contributed by atoms with Gasteiger partial charge >= 0.3 is 5.97 Å². The molecule has 1 spiro atoms. The number of ether oxygens (including phenoxy) is 1. The van der Waals surface area contributed by atoms with Crippen LogP contribution >= 0.6 is 0 Å². The number of carbonyl (C=O) groups excluding carboxylic acids is 2. The second-order valence-corrected chi connectivity index (χ2v) is 6.20. The van der Waals surface area contributed by atoms with E-state index in [0.29, 0.717) is 25.2 Å². The summed E-state index contributed by atoms with van der Waals surface area (Å²) in [5, 5.41) is 0. The van der Waals surface area contributed by atoms with Crippen LogP contribution in [0.15, 0.2) is 48.8 Å². The molecule has 1 unspecified atom stereocenters. The molecule has 1 atom stereocenters. The first-order valence-corrected chi connectivity index (χ1v) is 7.89. The molecule has 0 bridgehead atoms. The van der Waals surface area contributed by atoms with Crippen molar-refractivity contribution in [2.24, 2.45) is 0 Å². The maximum Gasteiger partial charge on any atom is 0.339 e. The van der Waals surface area contributed by atoms with E-state index in [1.54, 1.807) is 6.07 Å². The average Bonchev–Trinajstić information content (AvgIpc) is 3.16. The molecule has 1 amide bonds. The van der Waals surface area contributed by atoms with Crippen molar-refractivity contribution in [2.75, 3.05) is 13.1 Å². The van der Waals surface area contributed by atoms with Gasteiger partial charge in [-0.05, 0) is 31.0 Å². The van der Waals surface area contributed by atoms with Gasteiger partial charge < -0.3 is 14.2 Å². The second kappa shape index (κ2) is 5.26. The van der Waals surface area contributed by atoms with E-state index in [0.717, 1.165) is 18.4 Å². The minimum absolute atomic E-state index is 0.0562. The molecule has 2 aromatic rings. The number of amides is 1. The van der Waals surface area contributed by atoms with E-state index in [9.17, 15) is 9.59 Å². The zero-order valence-electron chi connectivity index (χ0n) is 12.8. The van der Waals surface area contributed by atoms with Crippen molar-refractivity contribution in [2.45, 2.75) is 25.0 Å². The molecule has 2 aliphatic rings. The Balaban J connectivity index is 1.58. The van der Waals surface area contributed by atoms with Gasteiger partial charge in [0.15, 0.2) is 5.60 Å². The van der Waals surface area contributed by atoms with Crippen LogP contribution in [0.5, 0.6) is 0 Å². The Morgan fingerprint density at radius 1 is 1.17 bits per heavy atom. The lowest BCUT2D eigenvalue weighted by Gasteiger charge is -2.39. The monoisotopic (exact) mass is 310 g/mol. The van der Waals surface area contributed by atoms with Crippen LogP contribution in [-0.4, -0.2) is 34.4 Å². The third-order valence-electron chi connectivity index (χ3n) is 4.72. The van der Waals surface area contributed by atoms with E-state index < -0.39 is 5.60 Å². The van der Waals surface area contributed by atoms with Gasteiger partial charge in [0.05, 0.1) is 12.1 Å². The molecule has 5 nitrogen and oxygen atoms in total. The molecule has 0 N–H and O–H groups in total. The quantitative estimate of drug-likeness (QED) is 0.799. The Hall–Kier alpha value is -2.56. The summed E-state index contributed by atoms with van der Waals surface area (Å²) in [6.45, 7) is 1.47. The van der Waals surface area contributed by atoms with Crippen LogP contribution in [-0.2, 0) is 21.7 Å². The average molecular weight is 310 g/mol. The Morgan fingerprint density at radius 2 is 1.96 bits per heavy atom. The highest BCUT2D eigenvalue weighted by Gasteiger charge is 2.48. The molecule has 1 aromatic carbocycles. The molecular weight excluding hydrogens is 292 g/mol. The van der Waals surface area contributed by atoms with Crippen molar-refractivity contribution in [3.63, 3.8) is 0 Å². The topological polar surface area (TPSA) is 51.5 Å². The predicted octanol–water partition coefficient (Wildman–Crippen LogP) is 2.18. The minimum Gasteiger partial charge on any atom is -0.449 e. The second-order valence-electron chi connectivity index (χ2n) is 6.20. The van der Waals surface area contributed by atoms with Crippen molar-refractivity contribution in [3.8, 4) is 0 Å². The molecule has 2 aliphatic heterocycles. The summed E-state index contributed by atoms with van der Waals surface area (Å²) < 4.78 is 7.60. The van der Waals surface area contributed by atoms with Crippen LogP contribution < -0.4 is 0 Å². The SMILES string of the molecule is O=C1OC2(CCCN(C(=O)Cn3cccc3)C2)c2ccccc21. The molecule has 23 heavy (non-hydrogen) atoms. The molecule has 0 saturated carbocycles. The maximum atomic E-state index is 12.6. The van der Waals surface area contributed by atoms with Crippen molar-refractivity contribution in [1.29, 1.82) is 0 Å². The van der Waals surface area contributed by atoms with Gasteiger partial charge in [-0.2, -0.15) is 0 Å². The van der Waals surface area contributed by atoms with Crippen LogP contribution in [0.1, 0.15) is 28.8 Å². The fraction of sp³-hybridized carbons (Fsp3) is 0.333. The number of carbonyl (C=O) groups is 2. The van der Waals surface area contributed by atoms with Gasteiger partial charge in [0.2, 0.25) is 5.91 Å². The van der Waals surface area contributed by atoms with E-state index in [1.807, 2.05) is 52.2 Å². The van der Waals surface area contributed by atoms with Crippen LogP contribution in [0.25, 0.3) is 0 Å². The Morgan fingerprint density at radius 3 is 2.78 bits per heavy atom. The molecule has 0 aliphatic carbocycles. The fourth-order valence-corrected chi connectivity index (χ4v) is 3.62. The summed E-state index contributed by atoms with van der Waals surface area (Å²) in [5.41, 5.74) is 0.883. The normalized spacial score (nSPS) is 23.0. The highest BCUT2D eigenvalue weighted by molar-refractivity contribution is 5.95. The van der Waals surface area contributed by atoms with E-state index in [1.165, 1.54) is 0 Å². The summed E-state index contributed by atoms with van der Waals surface area (Å²) in [7, 11) is 0.